The van der Waals surface area contributed by atoms with Gasteiger partial charge in [0.2, 0.25) is 6.17 Å². The van der Waals surface area contributed by atoms with Gasteiger partial charge >= 0.3 is 6.03 Å². The van der Waals surface area contributed by atoms with Crippen LogP contribution in [0.25, 0.3) is 11.1 Å². The van der Waals surface area contributed by atoms with E-state index in [2.05, 4.69) is 10.6 Å². The monoisotopic (exact) mass is 460 g/mol. The lowest BCUT2D eigenvalue weighted by Gasteiger charge is -2.21. The second kappa shape index (κ2) is 9.65. The molecule has 0 aliphatic carbocycles. The van der Waals surface area contributed by atoms with E-state index in [0.717, 1.165) is 27.9 Å². The van der Waals surface area contributed by atoms with E-state index in [1.54, 1.807) is 7.05 Å². The first-order valence-electron chi connectivity index (χ1n) is 11.3. The summed E-state index contributed by atoms with van der Waals surface area (Å²) in [6.45, 7) is 0. The zero-order valence-electron chi connectivity index (χ0n) is 19.2. The molecule has 6 heteroatoms. The smallest absolute Gasteiger partial charge is 0.311 e. The van der Waals surface area contributed by atoms with E-state index < -0.39 is 12.2 Å². The lowest BCUT2D eigenvalue weighted by atomic mass is 10.0. The number of likely N-dealkylation sites (N-methyl/N-ethyl adjacent to an activating group) is 1. The Labute approximate surface area is 203 Å². The topological polar surface area (TPSA) is 73.8 Å². The van der Waals surface area contributed by atoms with Crippen molar-refractivity contribution in [3.8, 4) is 11.1 Å². The molecule has 6 nitrogen and oxygen atoms in total. The van der Waals surface area contributed by atoms with Crippen LogP contribution in [0.4, 0.5) is 16.2 Å². The molecule has 0 saturated heterocycles. The maximum atomic E-state index is 13.3. The van der Waals surface area contributed by atoms with Crippen LogP contribution in [0.1, 0.15) is 11.1 Å². The third-order valence-corrected chi connectivity index (χ3v) is 5.92. The van der Waals surface area contributed by atoms with Crippen molar-refractivity contribution in [2.75, 3.05) is 17.3 Å². The number of hydrogen-bond acceptors (Lipinski definition) is 3. The van der Waals surface area contributed by atoms with Gasteiger partial charge in [0.15, 0.2) is 0 Å². The van der Waals surface area contributed by atoms with Crippen molar-refractivity contribution in [3.05, 3.63) is 120 Å². The lowest BCUT2D eigenvalue weighted by molar-refractivity contribution is -0.119. The molecule has 0 bridgehead atoms. The second-order valence-electron chi connectivity index (χ2n) is 8.17. The molecule has 172 valence electrons. The first kappa shape index (κ1) is 22.1. The quantitative estimate of drug-likeness (QED) is 0.433. The van der Waals surface area contributed by atoms with Gasteiger partial charge in [0.1, 0.15) is 0 Å². The molecule has 0 unspecified atom stereocenters. The summed E-state index contributed by atoms with van der Waals surface area (Å²) in [6.07, 6.45) is -1.09. The van der Waals surface area contributed by atoms with Crippen molar-refractivity contribution >= 4 is 29.0 Å². The minimum absolute atomic E-state index is 0.324. The first-order valence-corrected chi connectivity index (χ1v) is 11.3. The molecular formula is C29H24N4O2. The number of nitrogens with zero attached hydrogens (tertiary/aromatic N) is 2. The van der Waals surface area contributed by atoms with Gasteiger partial charge < -0.3 is 15.5 Å². The molecule has 0 fully saturated rings. The molecule has 35 heavy (non-hydrogen) atoms. The zero-order chi connectivity index (χ0) is 24.2. The van der Waals surface area contributed by atoms with E-state index in [1.165, 1.54) is 4.90 Å². The number of nitrogens with one attached hydrogen (secondary N) is 2. The van der Waals surface area contributed by atoms with E-state index in [4.69, 9.17) is 4.99 Å². The summed E-state index contributed by atoms with van der Waals surface area (Å²) in [5.41, 5.74) is 5.58. The van der Waals surface area contributed by atoms with Gasteiger partial charge in [0, 0.05) is 23.7 Å². The van der Waals surface area contributed by atoms with Crippen LogP contribution in [-0.4, -0.2) is 30.9 Å². The number of anilines is 2. The molecule has 5 rings (SSSR count). The Balaban J connectivity index is 1.47. The minimum atomic E-state index is -1.09. The predicted octanol–water partition coefficient (Wildman–Crippen LogP) is 5.32. The predicted molar refractivity (Wildman–Crippen MR) is 140 cm³/mol. The van der Waals surface area contributed by atoms with Gasteiger partial charge in [0.25, 0.3) is 5.91 Å². The SMILES string of the molecule is CN1C(=O)[C@@H](NC(=O)Nc2ccccc2-c2ccccc2)N=C(c2ccccc2)c2ccccc21. The van der Waals surface area contributed by atoms with E-state index in [-0.39, 0.29) is 5.91 Å². The fourth-order valence-corrected chi connectivity index (χ4v) is 4.19. The lowest BCUT2D eigenvalue weighted by Crippen LogP contribution is -2.47. The van der Waals surface area contributed by atoms with Crippen molar-refractivity contribution in [1.29, 1.82) is 0 Å². The van der Waals surface area contributed by atoms with Crippen LogP contribution in [0.3, 0.4) is 0 Å². The Morgan fingerprint density at radius 2 is 1.31 bits per heavy atom. The molecule has 0 radical (unpaired) electrons. The molecule has 0 spiro atoms. The maximum Gasteiger partial charge on any atom is 0.321 e. The number of carbonyl (C=O) groups excluding carboxylic acids is 2. The average Bonchev–Trinajstić information content (AvgIpc) is 3.01. The summed E-state index contributed by atoms with van der Waals surface area (Å²) in [4.78, 5) is 32.7. The molecule has 3 amide bonds. The number of benzodiazepines with no additional fused rings is 1. The Hall–Kier alpha value is -4.71. The molecule has 1 heterocycles. The van der Waals surface area contributed by atoms with Gasteiger partial charge in [-0.15, -0.1) is 0 Å². The number of aliphatic imine (C=N–C) groups is 1. The van der Waals surface area contributed by atoms with Gasteiger partial charge in [0.05, 0.1) is 17.1 Å². The summed E-state index contributed by atoms with van der Waals surface area (Å²) in [6, 6.07) is 34.1. The number of para-hydroxylation sites is 2. The molecule has 1 aliphatic rings. The number of amides is 3. The van der Waals surface area contributed by atoms with Crippen molar-refractivity contribution in [3.63, 3.8) is 0 Å². The Morgan fingerprint density at radius 3 is 2.03 bits per heavy atom. The molecule has 4 aromatic rings. The Morgan fingerprint density at radius 1 is 0.743 bits per heavy atom. The molecule has 0 aromatic heterocycles. The Kier molecular flexibility index (Phi) is 6.09. The van der Waals surface area contributed by atoms with Crippen LogP contribution in [0.5, 0.6) is 0 Å². The van der Waals surface area contributed by atoms with E-state index in [9.17, 15) is 9.59 Å². The number of urea groups is 1. The highest BCUT2D eigenvalue weighted by Gasteiger charge is 2.31. The number of rotatable bonds is 4. The molecule has 4 aromatic carbocycles. The second-order valence-corrected chi connectivity index (χ2v) is 8.17. The van der Waals surface area contributed by atoms with Gasteiger partial charge in [-0.2, -0.15) is 0 Å². The molecule has 2 N–H and O–H groups in total. The molecule has 1 atom stereocenters. The van der Waals surface area contributed by atoms with E-state index in [0.29, 0.717) is 11.4 Å². The van der Waals surface area contributed by atoms with Crippen molar-refractivity contribution in [1.82, 2.24) is 5.32 Å². The highest BCUT2D eigenvalue weighted by Crippen LogP contribution is 2.29. The first-order chi connectivity index (χ1) is 17.1. The van der Waals surface area contributed by atoms with Gasteiger partial charge in [-0.1, -0.05) is 97.1 Å². The fourth-order valence-electron chi connectivity index (χ4n) is 4.19. The van der Waals surface area contributed by atoms with Gasteiger partial charge in [-0.05, 0) is 17.7 Å². The summed E-state index contributed by atoms with van der Waals surface area (Å²) in [5, 5.41) is 5.67. The van der Waals surface area contributed by atoms with Crippen LogP contribution in [0.15, 0.2) is 114 Å². The van der Waals surface area contributed by atoms with Gasteiger partial charge in [-0.25, -0.2) is 9.79 Å². The number of carbonyl (C=O) groups is 2. The third-order valence-electron chi connectivity index (χ3n) is 5.92. The fraction of sp³-hybridized carbons (Fsp3) is 0.0690. The van der Waals surface area contributed by atoms with E-state index in [1.807, 2.05) is 109 Å². The van der Waals surface area contributed by atoms with E-state index >= 15 is 0 Å². The number of hydrogen-bond donors (Lipinski definition) is 2. The van der Waals surface area contributed by atoms with Crippen molar-refractivity contribution in [2.24, 2.45) is 4.99 Å². The standard InChI is InChI=1S/C29H24N4O2/c1-33-25-19-11-9-17-23(25)26(21-14-6-3-7-15-21)31-27(28(33)34)32-29(35)30-24-18-10-8-16-22(24)20-12-4-2-5-13-20/h2-19,27H,1H3,(H2,30,32,35)/t27-/m1/s1. The highest BCUT2D eigenvalue weighted by molar-refractivity contribution is 6.20. The summed E-state index contributed by atoms with van der Waals surface area (Å²) >= 11 is 0. The summed E-state index contributed by atoms with van der Waals surface area (Å²) in [7, 11) is 1.70. The largest absolute Gasteiger partial charge is 0.321 e. The van der Waals surface area contributed by atoms with Crippen LogP contribution in [-0.2, 0) is 4.79 Å². The van der Waals surface area contributed by atoms with Crippen LogP contribution < -0.4 is 15.5 Å². The van der Waals surface area contributed by atoms with Crippen LogP contribution in [0.2, 0.25) is 0 Å². The molecule has 0 saturated carbocycles. The minimum Gasteiger partial charge on any atom is -0.311 e. The van der Waals surface area contributed by atoms with Gasteiger partial charge in [-0.3, -0.25) is 4.79 Å². The van der Waals surface area contributed by atoms with Crippen LogP contribution in [0, 0.1) is 0 Å². The summed E-state index contributed by atoms with van der Waals surface area (Å²) in [5.74, 6) is -0.324. The number of fused-ring (bicyclic) bond motifs is 1. The molecular weight excluding hydrogens is 436 g/mol. The Bertz CT molecular complexity index is 1400. The zero-order valence-corrected chi connectivity index (χ0v) is 19.2. The maximum absolute atomic E-state index is 13.3. The third kappa shape index (κ3) is 4.54. The normalized spacial score (nSPS) is 15.0. The van der Waals surface area contributed by atoms with Crippen molar-refractivity contribution < 1.29 is 9.59 Å². The highest BCUT2D eigenvalue weighted by atomic mass is 16.2. The van der Waals surface area contributed by atoms with Crippen molar-refractivity contribution in [2.45, 2.75) is 6.17 Å². The van der Waals surface area contributed by atoms with Crippen LogP contribution >= 0.6 is 0 Å². The molecule has 1 aliphatic heterocycles. The summed E-state index contributed by atoms with van der Waals surface area (Å²) < 4.78 is 0. The number of benzene rings is 4. The average molecular weight is 461 g/mol.